The summed E-state index contributed by atoms with van der Waals surface area (Å²) in [4.78, 5) is 11.0. The van der Waals surface area contributed by atoms with Gasteiger partial charge < -0.3 is 13.5 Å². The van der Waals surface area contributed by atoms with E-state index < -0.39 is 8.56 Å². The van der Waals surface area contributed by atoms with Crippen molar-refractivity contribution >= 4 is 42.3 Å². The minimum absolute atomic E-state index is 0.139. The second-order valence-electron chi connectivity index (χ2n) is 3.36. The lowest BCUT2D eigenvalue weighted by Gasteiger charge is -2.26. The average molecular weight is 293 g/mol. The number of amides is 1. The highest BCUT2D eigenvalue weighted by molar-refractivity contribution is 7.56. The standard InChI is InChI=1S/C8H20NO3PSi3/c1-13-8(10)9-6-5-7-16(4,11-14-2)12-15-3/h13H,5-7H2,1-4H3,(H,9,10). The Morgan fingerprint density at radius 2 is 1.94 bits per heavy atom. The first kappa shape index (κ1) is 16.5. The van der Waals surface area contributed by atoms with Crippen LogP contribution in [-0.4, -0.2) is 46.9 Å². The highest BCUT2D eigenvalue weighted by Gasteiger charge is 2.29. The molecule has 0 aromatic rings. The molecule has 0 heterocycles. The summed E-state index contributed by atoms with van der Waals surface area (Å²) in [7, 11) is -0.661. The lowest BCUT2D eigenvalue weighted by molar-refractivity contribution is 0.260. The van der Waals surface area contributed by atoms with E-state index in [9.17, 15) is 4.79 Å². The summed E-state index contributed by atoms with van der Waals surface area (Å²) in [5.74, 6) is 0. The molecular formula is C8H20NO3PSi3. The number of nitrogens with one attached hydrogen (secondary N) is 1. The predicted molar refractivity (Wildman–Crippen MR) is 74.1 cm³/mol. The van der Waals surface area contributed by atoms with Crippen LogP contribution in [0, 0.1) is 0 Å². The van der Waals surface area contributed by atoms with Crippen LogP contribution in [0.15, 0.2) is 0 Å². The minimum atomic E-state index is -1.96. The van der Waals surface area contributed by atoms with Crippen molar-refractivity contribution in [2.45, 2.75) is 32.1 Å². The lowest BCUT2D eigenvalue weighted by Crippen LogP contribution is -2.40. The maximum atomic E-state index is 11.0. The summed E-state index contributed by atoms with van der Waals surface area (Å²) < 4.78 is 11.5. The summed E-state index contributed by atoms with van der Waals surface area (Å²) in [6.07, 6.45) is 0.938. The molecular weight excluding hydrogens is 273 g/mol. The first-order chi connectivity index (χ1) is 7.58. The Kier molecular flexibility index (Phi) is 9.77. The van der Waals surface area contributed by atoms with E-state index in [4.69, 9.17) is 8.23 Å². The summed E-state index contributed by atoms with van der Waals surface area (Å²) in [5.41, 5.74) is 0.139. The molecule has 0 spiro atoms. The molecule has 16 heavy (non-hydrogen) atoms. The van der Waals surface area contributed by atoms with Gasteiger partial charge in [-0.05, 0) is 47.4 Å². The van der Waals surface area contributed by atoms with Crippen LogP contribution >= 0.6 is 8.58 Å². The Morgan fingerprint density at radius 3 is 2.38 bits per heavy atom. The van der Waals surface area contributed by atoms with Gasteiger partial charge in [-0.3, -0.25) is 4.79 Å². The van der Waals surface area contributed by atoms with Crippen molar-refractivity contribution in [2.75, 3.05) is 13.2 Å². The fourth-order valence-electron chi connectivity index (χ4n) is 1.25. The van der Waals surface area contributed by atoms with Crippen LogP contribution < -0.4 is 5.32 Å². The monoisotopic (exact) mass is 293 g/mol. The molecule has 0 rings (SSSR count). The van der Waals surface area contributed by atoms with Crippen molar-refractivity contribution in [1.29, 1.82) is 0 Å². The van der Waals surface area contributed by atoms with Gasteiger partial charge in [0.25, 0.3) is 0 Å². The zero-order valence-electron chi connectivity index (χ0n) is 10.3. The highest BCUT2D eigenvalue weighted by atomic mass is 31.1. The molecule has 1 unspecified atom stereocenters. The third-order valence-corrected chi connectivity index (χ3v) is 8.94. The smallest absolute Gasteiger partial charge is 0.314 e. The third-order valence-electron chi connectivity index (χ3n) is 1.96. The van der Waals surface area contributed by atoms with Gasteiger partial charge in [0.15, 0.2) is 0 Å². The normalized spacial score (nSPS) is 12.2. The number of carbonyl (C=O) groups excluding carboxylic acids is 1. The molecule has 92 valence electrons. The van der Waals surface area contributed by atoms with Crippen LogP contribution in [0.2, 0.25) is 25.7 Å². The third kappa shape index (κ3) is 7.70. The number of hydrogen-bond acceptors (Lipinski definition) is 3. The molecule has 0 bridgehead atoms. The topological polar surface area (TPSA) is 47.6 Å². The molecule has 4 radical (unpaired) electrons. The summed E-state index contributed by atoms with van der Waals surface area (Å²) in [6.45, 7) is 8.76. The maximum absolute atomic E-state index is 11.0. The van der Waals surface area contributed by atoms with Gasteiger partial charge >= 0.3 is 8.56 Å². The molecule has 1 N–H and O–H groups in total. The molecule has 0 aromatic carbocycles. The van der Waals surface area contributed by atoms with E-state index in [1.807, 2.05) is 19.8 Å². The van der Waals surface area contributed by atoms with E-state index in [-0.39, 0.29) is 5.65 Å². The second kappa shape index (κ2) is 9.50. The molecule has 0 aliphatic heterocycles. The van der Waals surface area contributed by atoms with Crippen LogP contribution in [0.5, 0.6) is 0 Å². The van der Waals surface area contributed by atoms with Crippen molar-refractivity contribution in [3.63, 3.8) is 0 Å². The molecule has 1 amide bonds. The highest BCUT2D eigenvalue weighted by Crippen LogP contribution is 2.14. The van der Waals surface area contributed by atoms with Gasteiger partial charge in [-0.15, -0.1) is 0 Å². The molecule has 0 aromatic heterocycles. The van der Waals surface area contributed by atoms with Gasteiger partial charge in [0.2, 0.25) is 25.2 Å². The summed E-state index contributed by atoms with van der Waals surface area (Å²) in [5, 5.41) is 2.88. The fraction of sp³-hybridized carbons (Fsp3) is 0.875. The Bertz CT molecular complexity index is 203. The number of carbonyl (C=O) groups is 1. The van der Waals surface area contributed by atoms with Crippen molar-refractivity contribution in [2.24, 2.45) is 0 Å². The Balaban J connectivity index is 3.79. The van der Waals surface area contributed by atoms with E-state index in [2.05, 4.69) is 11.9 Å². The zero-order chi connectivity index (χ0) is 12.4. The minimum Gasteiger partial charge on any atom is -0.436 e. The van der Waals surface area contributed by atoms with Crippen LogP contribution in [0.1, 0.15) is 6.42 Å². The van der Waals surface area contributed by atoms with E-state index >= 15 is 0 Å². The average Bonchev–Trinajstić information content (AvgIpc) is 2.25. The zero-order valence-corrected chi connectivity index (χ0v) is 14.3. The molecule has 8 heteroatoms. The first-order valence-corrected chi connectivity index (χ1v) is 12.1. The van der Waals surface area contributed by atoms with E-state index in [0.29, 0.717) is 28.1 Å². The Labute approximate surface area is 106 Å². The van der Waals surface area contributed by atoms with Crippen molar-refractivity contribution in [1.82, 2.24) is 5.32 Å². The van der Waals surface area contributed by atoms with E-state index in [0.717, 1.165) is 19.0 Å². The molecule has 0 aliphatic carbocycles. The molecule has 0 aliphatic rings. The van der Waals surface area contributed by atoms with E-state index in [1.54, 1.807) is 0 Å². The van der Waals surface area contributed by atoms with Crippen molar-refractivity contribution in [3.8, 4) is 0 Å². The number of hydrogen-bond donors (Lipinski definition) is 1. The Hall–Kier alpha value is 0.471. The van der Waals surface area contributed by atoms with Crippen LogP contribution in [0.25, 0.3) is 0 Å². The van der Waals surface area contributed by atoms with Crippen molar-refractivity contribution < 1.29 is 13.0 Å². The quantitative estimate of drug-likeness (QED) is 0.401. The predicted octanol–water partition coefficient (Wildman–Crippen LogP) is 1.83. The summed E-state index contributed by atoms with van der Waals surface area (Å²) in [6, 6.07) is 0.946. The second-order valence-corrected chi connectivity index (χ2v) is 9.53. The van der Waals surface area contributed by atoms with Gasteiger partial charge in [-0.25, -0.2) is 0 Å². The van der Waals surface area contributed by atoms with Gasteiger partial charge in [0.05, 0.1) is 0 Å². The maximum Gasteiger partial charge on any atom is 0.314 e. The van der Waals surface area contributed by atoms with Gasteiger partial charge in [-0.2, -0.15) is 0 Å². The SMILES string of the molecule is C[Si]O[Si](C)(CCCNC(=O)PC)O[Si]C. The van der Waals surface area contributed by atoms with E-state index in [1.165, 1.54) is 0 Å². The molecule has 4 nitrogen and oxygen atoms in total. The van der Waals surface area contributed by atoms with Crippen molar-refractivity contribution in [3.05, 3.63) is 0 Å². The van der Waals surface area contributed by atoms with Gasteiger partial charge in [-0.1, -0.05) is 0 Å². The molecule has 1 atom stereocenters. The van der Waals surface area contributed by atoms with Crippen LogP contribution in [-0.2, 0) is 8.23 Å². The largest absolute Gasteiger partial charge is 0.436 e. The fourth-order valence-corrected chi connectivity index (χ4v) is 7.19. The summed E-state index contributed by atoms with van der Waals surface area (Å²) >= 11 is 0. The van der Waals surface area contributed by atoms with Gasteiger partial charge in [0, 0.05) is 6.54 Å². The van der Waals surface area contributed by atoms with Crippen LogP contribution in [0.4, 0.5) is 4.79 Å². The molecule has 0 fully saturated rings. The van der Waals surface area contributed by atoms with Crippen LogP contribution in [0.3, 0.4) is 0 Å². The first-order valence-electron chi connectivity index (χ1n) is 5.23. The lowest BCUT2D eigenvalue weighted by atomic mass is 10.5. The molecule has 0 saturated heterocycles. The number of rotatable bonds is 9. The molecule has 0 saturated carbocycles. The van der Waals surface area contributed by atoms with Gasteiger partial charge in [0.1, 0.15) is 0 Å². The Morgan fingerprint density at radius 1 is 1.38 bits per heavy atom.